The van der Waals surface area contributed by atoms with Crippen molar-refractivity contribution in [2.75, 3.05) is 25.5 Å². The van der Waals surface area contributed by atoms with E-state index in [0.29, 0.717) is 18.3 Å². The topological polar surface area (TPSA) is 87.0 Å². The zero-order chi connectivity index (χ0) is 17.6. The van der Waals surface area contributed by atoms with E-state index >= 15 is 0 Å². The number of aromatic nitrogens is 2. The Morgan fingerprint density at radius 3 is 2.96 bits per heavy atom. The van der Waals surface area contributed by atoms with Crippen LogP contribution >= 0.6 is 0 Å². The average molecular weight is 343 g/mol. The molecule has 6 heteroatoms. The maximum Gasteiger partial charge on any atom is 0.225 e. The van der Waals surface area contributed by atoms with Crippen molar-refractivity contribution in [1.82, 2.24) is 14.9 Å². The zero-order valence-corrected chi connectivity index (χ0v) is 15.1. The SMILES string of the molecule is CN1CCC[C@H]1c1cc2cnc(NC(=O)CCCCCCN)cc2[nH]1. The number of nitrogens with two attached hydrogens (primary N) is 1. The van der Waals surface area contributed by atoms with Crippen LogP contribution in [0.3, 0.4) is 0 Å². The summed E-state index contributed by atoms with van der Waals surface area (Å²) in [5, 5.41) is 4.00. The van der Waals surface area contributed by atoms with E-state index in [0.717, 1.165) is 49.7 Å². The fourth-order valence-electron chi connectivity index (χ4n) is 3.59. The van der Waals surface area contributed by atoms with Crippen LogP contribution in [0.1, 0.15) is 56.7 Å². The van der Waals surface area contributed by atoms with Crippen molar-refractivity contribution in [2.45, 2.75) is 51.0 Å². The van der Waals surface area contributed by atoms with Crippen molar-refractivity contribution in [1.29, 1.82) is 0 Å². The lowest BCUT2D eigenvalue weighted by Gasteiger charge is -2.17. The lowest BCUT2D eigenvalue weighted by Crippen LogP contribution is -2.17. The van der Waals surface area contributed by atoms with Crippen molar-refractivity contribution >= 4 is 22.6 Å². The van der Waals surface area contributed by atoms with Crippen molar-refractivity contribution in [2.24, 2.45) is 5.73 Å². The summed E-state index contributed by atoms with van der Waals surface area (Å²) < 4.78 is 0. The summed E-state index contributed by atoms with van der Waals surface area (Å²) in [6.45, 7) is 1.87. The van der Waals surface area contributed by atoms with Gasteiger partial charge >= 0.3 is 0 Å². The number of hydrogen-bond acceptors (Lipinski definition) is 4. The molecule has 3 rings (SSSR count). The van der Waals surface area contributed by atoms with E-state index in [4.69, 9.17) is 5.73 Å². The number of aromatic amines is 1. The molecule has 0 spiro atoms. The molecule has 0 aromatic carbocycles. The van der Waals surface area contributed by atoms with Crippen LogP contribution in [0, 0.1) is 0 Å². The Labute approximate surface area is 149 Å². The molecule has 0 radical (unpaired) electrons. The molecule has 0 aliphatic carbocycles. The van der Waals surface area contributed by atoms with Gasteiger partial charge in [0.2, 0.25) is 5.91 Å². The summed E-state index contributed by atoms with van der Waals surface area (Å²) in [6, 6.07) is 4.57. The molecule has 136 valence electrons. The van der Waals surface area contributed by atoms with Gasteiger partial charge in [0.05, 0.1) is 5.52 Å². The highest BCUT2D eigenvalue weighted by molar-refractivity contribution is 5.92. The van der Waals surface area contributed by atoms with Gasteiger partial charge in [-0.25, -0.2) is 4.98 Å². The molecular formula is C19H29N5O. The highest BCUT2D eigenvalue weighted by atomic mass is 16.1. The van der Waals surface area contributed by atoms with Crippen LogP contribution in [0.2, 0.25) is 0 Å². The van der Waals surface area contributed by atoms with Gasteiger partial charge in [0.15, 0.2) is 0 Å². The molecule has 0 bridgehead atoms. The number of carbonyl (C=O) groups is 1. The van der Waals surface area contributed by atoms with Crippen LogP contribution in [0.4, 0.5) is 5.82 Å². The summed E-state index contributed by atoms with van der Waals surface area (Å²) in [4.78, 5) is 22.3. The normalized spacial score (nSPS) is 18.1. The molecule has 0 saturated carbocycles. The second-order valence-electron chi connectivity index (χ2n) is 7.02. The van der Waals surface area contributed by atoms with Gasteiger partial charge in [-0.2, -0.15) is 0 Å². The van der Waals surface area contributed by atoms with Gasteiger partial charge < -0.3 is 16.0 Å². The summed E-state index contributed by atoms with van der Waals surface area (Å²) in [5.41, 5.74) is 7.74. The quantitative estimate of drug-likeness (QED) is 0.643. The lowest BCUT2D eigenvalue weighted by molar-refractivity contribution is -0.116. The molecule has 25 heavy (non-hydrogen) atoms. The first kappa shape index (κ1) is 17.9. The molecular weight excluding hydrogens is 314 g/mol. The number of nitrogens with one attached hydrogen (secondary N) is 2. The van der Waals surface area contributed by atoms with Gasteiger partial charge in [-0.15, -0.1) is 0 Å². The van der Waals surface area contributed by atoms with Gasteiger partial charge in [0.1, 0.15) is 5.82 Å². The molecule has 1 saturated heterocycles. The van der Waals surface area contributed by atoms with Crippen molar-refractivity contribution in [3.05, 3.63) is 24.0 Å². The number of pyridine rings is 1. The number of hydrogen-bond donors (Lipinski definition) is 3. The number of fused-ring (bicyclic) bond motifs is 1. The molecule has 2 aromatic heterocycles. The number of likely N-dealkylation sites (tertiary alicyclic amines) is 1. The van der Waals surface area contributed by atoms with Crippen LogP contribution in [-0.4, -0.2) is 40.9 Å². The standard InChI is InChI=1S/C19H29N5O/c1-24-10-6-7-17(24)16-11-14-13-21-18(12-15(14)22-16)23-19(25)8-4-2-3-5-9-20/h11-13,17,22H,2-10,20H2,1H3,(H,21,23,25)/t17-/m0/s1. The smallest absolute Gasteiger partial charge is 0.225 e. The highest BCUT2D eigenvalue weighted by Gasteiger charge is 2.24. The van der Waals surface area contributed by atoms with E-state index in [1.165, 1.54) is 18.5 Å². The predicted molar refractivity (Wildman–Crippen MR) is 101 cm³/mol. The van der Waals surface area contributed by atoms with Crippen LogP contribution in [-0.2, 0) is 4.79 Å². The van der Waals surface area contributed by atoms with Crippen LogP contribution in [0.5, 0.6) is 0 Å². The number of carbonyl (C=O) groups excluding carboxylic acids is 1. The summed E-state index contributed by atoms with van der Waals surface area (Å²) in [5.74, 6) is 0.648. The number of amides is 1. The first-order valence-electron chi connectivity index (χ1n) is 9.36. The molecule has 3 heterocycles. The van der Waals surface area contributed by atoms with E-state index in [1.807, 2.05) is 12.3 Å². The molecule has 1 fully saturated rings. The minimum Gasteiger partial charge on any atom is -0.357 e. The summed E-state index contributed by atoms with van der Waals surface area (Å²) >= 11 is 0. The van der Waals surface area contributed by atoms with E-state index in [9.17, 15) is 4.79 Å². The van der Waals surface area contributed by atoms with Crippen molar-refractivity contribution in [3.8, 4) is 0 Å². The third kappa shape index (κ3) is 4.58. The van der Waals surface area contributed by atoms with Gasteiger partial charge in [-0.3, -0.25) is 9.69 Å². The van der Waals surface area contributed by atoms with Gasteiger partial charge in [0.25, 0.3) is 0 Å². The lowest BCUT2D eigenvalue weighted by atomic mass is 10.1. The Kier molecular flexibility index (Phi) is 6.04. The van der Waals surface area contributed by atoms with Crippen LogP contribution in [0.15, 0.2) is 18.3 Å². The minimum absolute atomic E-state index is 0.0295. The van der Waals surface area contributed by atoms with Crippen molar-refractivity contribution in [3.63, 3.8) is 0 Å². The van der Waals surface area contributed by atoms with E-state index in [1.54, 1.807) is 0 Å². The molecule has 1 aliphatic rings. The number of rotatable bonds is 8. The first-order valence-corrected chi connectivity index (χ1v) is 9.36. The highest BCUT2D eigenvalue weighted by Crippen LogP contribution is 2.31. The molecule has 6 nitrogen and oxygen atoms in total. The summed E-state index contributed by atoms with van der Waals surface area (Å²) in [7, 11) is 2.17. The van der Waals surface area contributed by atoms with E-state index < -0.39 is 0 Å². The number of anilines is 1. The minimum atomic E-state index is 0.0295. The molecule has 2 aromatic rings. The molecule has 1 aliphatic heterocycles. The third-order valence-electron chi connectivity index (χ3n) is 5.03. The second-order valence-corrected chi connectivity index (χ2v) is 7.02. The molecule has 1 atom stereocenters. The number of H-pyrrole nitrogens is 1. The monoisotopic (exact) mass is 343 g/mol. The van der Waals surface area contributed by atoms with Gasteiger partial charge in [-0.05, 0) is 51.9 Å². The Hall–Kier alpha value is -1.92. The first-order chi connectivity index (χ1) is 12.2. The van der Waals surface area contributed by atoms with Crippen LogP contribution in [0.25, 0.3) is 10.9 Å². The molecule has 0 unspecified atom stereocenters. The Morgan fingerprint density at radius 1 is 1.36 bits per heavy atom. The van der Waals surface area contributed by atoms with E-state index in [2.05, 4.69) is 33.3 Å². The second kappa shape index (κ2) is 8.45. The maximum atomic E-state index is 12.0. The Bertz CT molecular complexity index is 711. The molecule has 1 amide bonds. The van der Waals surface area contributed by atoms with Crippen molar-refractivity contribution < 1.29 is 4.79 Å². The average Bonchev–Trinajstić information content (AvgIpc) is 3.19. The van der Waals surface area contributed by atoms with Crippen LogP contribution < -0.4 is 11.1 Å². The molecule has 4 N–H and O–H groups in total. The van der Waals surface area contributed by atoms with E-state index in [-0.39, 0.29) is 5.91 Å². The predicted octanol–water partition coefficient (Wildman–Crippen LogP) is 3.18. The summed E-state index contributed by atoms with van der Waals surface area (Å²) in [6.07, 6.45) is 8.86. The Balaban J connectivity index is 1.58. The third-order valence-corrected chi connectivity index (χ3v) is 5.03. The fraction of sp³-hybridized carbons (Fsp3) is 0.579. The van der Waals surface area contributed by atoms with Gasteiger partial charge in [0, 0.05) is 35.8 Å². The number of unbranched alkanes of at least 4 members (excludes halogenated alkanes) is 3. The largest absolute Gasteiger partial charge is 0.357 e. The Morgan fingerprint density at radius 2 is 2.20 bits per heavy atom. The fourth-order valence-corrected chi connectivity index (χ4v) is 3.59. The number of nitrogens with zero attached hydrogens (tertiary/aromatic N) is 2. The van der Waals surface area contributed by atoms with Gasteiger partial charge in [-0.1, -0.05) is 12.8 Å². The maximum absolute atomic E-state index is 12.0. The zero-order valence-electron chi connectivity index (χ0n) is 15.1.